The highest BCUT2D eigenvalue weighted by Gasteiger charge is 2.38. The van der Waals surface area contributed by atoms with Gasteiger partial charge in [0.05, 0.1) is 21.3 Å². The number of aromatic nitrogens is 4. The number of hydrogen-bond donors (Lipinski definition) is 5. The summed E-state index contributed by atoms with van der Waals surface area (Å²) in [6, 6.07) is 8.34. The van der Waals surface area contributed by atoms with Crippen LogP contribution >= 0.6 is 11.3 Å². The zero-order valence-corrected chi connectivity index (χ0v) is 22.2. The van der Waals surface area contributed by atoms with E-state index in [9.17, 15) is 14.7 Å². The topological polar surface area (TPSA) is 168 Å². The summed E-state index contributed by atoms with van der Waals surface area (Å²) in [5.74, 6) is -0.603. The van der Waals surface area contributed by atoms with Crippen LogP contribution in [0.1, 0.15) is 26.6 Å². The number of carbonyl (C=O) groups excluding carboxylic acids is 1. The third-order valence-electron chi connectivity index (χ3n) is 6.01. The van der Waals surface area contributed by atoms with Gasteiger partial charge in [-0.1, -0.05) is 31.3 Å². The fourth-order valence-electron chi connectivity index (χ4n) is 4.08. The summed E-state index contributed by atoms with van der Waals surface area (Å²) in [6.45, 7) is 6.60. The first-order valence-corrected chi connectivity index (χ1v) is 13.0. The minimum absolute atomic E-state index is 0.317. The number of anilines is 1. The van der Waals surface area contributed by atoms with Crippen LogP contribution < -0.4 is 21.7 Å². The number of carbonyl (C=O) groups is 2. The predicted molar refractivity (Wildman–Crippen MR) is 148 cm³/mol. The first-order chi connectivity index (χ1) is 18.2. The Morgan fingerprint density at radius 1 is 1.13 bits per heavy atom. The second-order valence-electron chi connectivity index (χ2n) is 9.12. The van der Waals surface area contributed by atoms with Gasteiger partial charge >= 0.3 is 12.0 Å². The molecule has 4 aromatic rings. The van der Waals surface area contributed by atoms with Crippen molar-refractivity contribution in [3.63, 3.8) is 0 Å². The molecule has 0 fully saturated rings. The van der Waals surface area contributed by atoms with Gasteiger partial charge in [-0.3, -0.25) is 15.1 Å². The van der Waals surface area contributed by atoms with Crippen LogP contribution in [0.25, 0.3) is 32.6 Å². The van der Waals surface area contributed by atoms with Gasteiger partial charge in [-0.2, -0.15) is 0 Å². The third kappa shape index (κ3) is 5.77. The van der Waals surface area contributed by atoms with Gasteiger partial charge in [-0.05, 0) is 36.8 Å². The van der Waals surface area contributed by atoms with Gasteiger partial charge in [0.25, 0.3) is 0 Å². The Morgan fingerprint density at radius 2 is 1.89 bits per heavy atom. The second-order valence-corrected chi connectivity index (χ2v) is 10.1. The number of hydrogen-bond acceptors (Lipinski definition) is 9. The summed E-state index contributed by atoms with van der Waals surface area (Å²) < 4.78 is 0.883. The standard InChI is InChI=1S/C26H30N8O3S/c1-4-28-24(37)34-25-33-19-12-15(11-17(20(19)38-25)18-7-5-6-9-29-18)16-13-31-23(32-14-16)26(2,3)21(22(35)36)30-10-8-27/h5-7,9,11-14,21,30H,4,8,10,27H2,1-3H3,(H,35,36)(H2,28,33,34,37). The third-order valence-corrected chi connectivity index (χ3v) is 7.03. The number of rotatable bonds is 10. The van der Waals surface area contributed by atoms with Crippen LogP contribution in [-0.2, 0) is 10.2 Å². The van der Waals surface area contributed by atoms with Crippen LogP contribution in [0.15, 0.2) is 48.9 Å². The molecule has 4 rings (SSSR count). The Labute approximate surface area is 224 Å². The number of carboxylic acids is 1. The molecule has 0 radical (unpaired) electrons. The van der Waals surface area contributed by atoms with E-state index in [1.807, 2.05) is 37.3 Å². The zero-order valence-electron chi connectivity index (χ0n) is 21.4. The average molecular weight is 535 g/mol. The van der Waals surface area contributed by atoms with Crippen LogP contribution in [0, 0.1) is 0 Å². The molecule has 1 aromatic carbocycles. The Balaban J connectivity index is 1.74. The number of nitrogens with two attached hydrogens (primary N) is 1. The Kier molecular flexibility index (Phi) is 8.25. The largest absolute Gasteiger partial charge is 0.480 e. The van der Waals surface area contributed by atoms with Crippen LogP contribution in [-0.4, -0.2) is 62.7 Å². The molecule has 3 heterocycles. The molecule has 0 bridgehead atoms. The Morgan fingerprint density at radius 3 is 2.53 bits per heavy atom. The number of aliphatic carboxylic acids is 1. The van der Waals surface area contributed by atoms with Gasteiger partial charge in [0, 0.05) is 49.4 Å². The molecule has 12 heteroatoms. The molecule has 0 spiro atoms. The molecule has 0 saturated carbocycles. The van der Waals surface area contributed by atoms with E-state index in [1.54, 1.807) is 32.4 Å². The zero-order chi connectivity index (χ0) is 27.3. The van der Waals surface area contributed by atoms with Crippen molar-refractivity contribution < 1.29 is 14.7 Å². The van der Waals surface area contributed by atoms with Gasteiger partial charge in [0.2, 0.25) is 0 Å². The van der Waals surface area contributed by atoms with Crippen molar-refractivity contribution in [2.45, 2.75) is 32.2 Å². The van der Waals surface area contributed by atoms with Gasteiger partial charge in [0.15, 0.2) is 5.13 Å². The van der Waals surface area contributed by atoms with E-state index in [0.29, 0.717) is 36.1 Å². The first-order valence-electron chi connectivity index (χ1n) is 12.1. The number of amides is 2. The number of fused-ring (bicyclic) bond motifs is 1. The highest BCUT2D eigenvalue weighted by atomic mass is 32.1. The molecule has 0 aliphatic carbocycles. The molecule has 198 valence electrons. The average Bonchev–Trinajstić information content (AvgIpc) is 3.31. The van der Waals surface area contributed by atoms with Crippen molar-refractivity contribution in [2.75, 3.05) is 25.0 Å². The van der Waals surface area contributed by atoms with Crippen LogP contribution in [0.2, 0.25) is 0 Å². The molecule has 1 atom stereocenters. The predicted octanol–water partition coefficient (Wildman–Crippen LogP) is 3.24. The van der Waals surface area contributed by atoms with E-state index < -0.39 is 17.4 Å². The van der Waals surface area contributed by atoms with E-state index in [-0.39, 0.29) is 6.03 Å². The number of pyridine rings is 1. The van der Waals surface area contributed by atoms with Crippen molar-refractivity contribution in [3.8, 4) is 22.4 Å². The van der Waals surface area contributed by atoms with E-state index in [1.165, 1.54) is 11.3 Å². The maximum Gasteiger partial charge on any atom is 0.321 e. The smallest absolute Gasteiger partial charge is 0.321 e. The summed E-state index contributed by atoms with van der Waals surface area (Å²) in [5.41, 5.74) is 8.53. The van der Waals surface area contributed by atoms with Gasteiger partial charge < -0.3 is 21.5 Å². The van der Waals surface area contributed by atoms with Gasteiger partial charge in [0.1, 0.15) is 11.9 Å². The molecule has 2 amide bonds. The molecular formula is C26H30N8O3S. The maximum absolute atomic E-state index is 12.1. The Bertz CT molecular complexity index is 1420. The Hall–Kier alpha value is -4.00. The van der Waals surface area contributed by atoms with Crippen LogP contribution in [0.5, 0.6) is 0 Å². The number of carboxylic acid groups (broad SMARTS) is 1. The second kappa shape index (κ2) is 11.6. The molecule has 11 nitrogen and oxygen atoms in total. The summed E-state index contributed by atoms with van der Waals surface area (Å²) in [4.78, 5) is 42.2. The summed E-state index contributed by atoms with van der Waals surface area (Å²) >= 11 is 1.37. The lowest BCUT2D eigenvalue weighted by Gasteiger charge is -2.30. The summed E-state index contributed by atoms with van der Waals surface area (Å²) in [5, 5.41) is 18.7. The quantitative estimate of drug-likeness (QED) is 0.205. The fourth-order valence-corrected chi connectivity index (χ4v) is 5.05. The molecule has 1 unspecified atom stereocenters. The number of benzene rings is 1. The van der Waals surface area contributed by atoms with Crippen LogP contribution in [0.3, 0.4) is 0 Å². The monoisotopic (exact) mass is 534 g/mol. The number of nitrogens with zero attached hydrogens (tertiary/aromatic N) is 4. The van der Waals surface area contributed by atoms with Crippen molar-refractivity contribution >= 4 is 38.7 Å². The summed E-state index contributed by atoms with van der Waals surface area (Å²) in [6.07, 6.45) is 5.07. The molecule has 0 aliphatic rings. The molecule has 0 aliphatic heterocycles. The maximum atomic E-state index is 12.1. The number of urea groups is 1. The van der Waals surface area contributed by atoms with Crippen molar-refractivity contribution in [1.29, 1.82) is 0 Å². The lowest BCUT2D eigenvalue weighted by molar-refractivity contribution is -0.141. The molecule has 3 aromatic heterocycles. The number of nitrogens with one attached hydrogen (secondary N) is 3. The van der Waals surface area contributed by atoms with Crippen molar-refractivity contribution in [1.82, 2.24) is 30.6 Å². The molecule has 0 saturated heterocycles. The van der Waals surface area contributed by atoms with Crippen LogP contribution in [0.4, 0.5) is 9.93 Å². The van der Waals surface area contributed by atoms with Crippen molar-refractivity contribution in [2.24, 2.45) is 5.73 Å². The summed E-state index contributed by atoms with van der Waals surface area (Å²) in [7, 11) is 0. The highest BCUT2D eigenvalue weighted by Crippen LogP contribution is 2.38. The minimum Gasteiger partial charge on any atom is -0.480 e. The molecule has 6 N–H and O–H groups in total. The highest BCUT2D eigenvalue weighted by molar-refractivity contribution is 7.22. The van der Waals surface area contributed by atoms with E-state index in [2.05, 4.69) is 35.9 Å². The lowest BCUT2D eigenvalue weighted by atomic mass is 9.83. The van der Waals surface area contributed by atoms with Gasteiger partial charge in [-0.15, -0.1) is 0 Å². The number of thiazole rings is 1. The minimum atomic E-state index is -0.998. The van der Waals surface area contributed by atoms with E-state index in [0.717, 1.165) is 27.1 Å². The lowest BCUT2D eigenvalue weighted by Crippen LogP contribution is -2.52. The first kappa shape index (κ1) is 27.0. The molecular weight excluding hydrogens is 504 g/mol. The SMILES string of the molecule is CCNC(=O)Nc1nc2cc(-c3cnc(C(C)(C)C(NCCN)C(=O)O)nc3)cc(-c3ccccn3)c2s1. The fraction of sp³-hybridized carbons (Fsp3) is 0.308. The van der Waals surface area contributed by atoms with Crippen molar-refractivity contribution in [3.05, 3.63) is 54.7 Å². The van der Waals surface area contributed by atoms with E-state index in [4.69, 9.17) is 5.73 Å². The van der Waals surface area contributed by atoms with Gasteiger partial charge in [-0.25, -0.2) is 19.7 Å². The normalized spacial score (nSPS) is 12.3. The molecule has 38 heavy (non-hydrogen) atoms. The van der Waals surface area contributed by atoms with E-state index >= 15 is 0 Å².